The average molecular weight is 418 g/mol. The Bertz CT molecular complexity index is 657. The van der Waals surface area contributed by atoms with Crippen LogP contribution in [0.4, 0.5) is 11.4 Å². The summed E-state index contributed by atoms with van der Waals surface area (Å²) in [6.07, 6.45) is 9.20. The van der Waals surface area contributed by atoms with Crippen LogP contribution in [0.3, 0.4) is 0 Å². The number of nitrogens with one attached hydrogen (secondary N) is 2. The minimum Gasteiger partial charge on any atom is -0.382 e. The van der Waals surface area contributed by atoms with Gasteiger partial charge in [0.15, 0.2) is 0 Å². The van der Waals surface area contributed by atoms with E-state index in [1.165, 1.54) is 19.3 Å². The number of amides is 2. The number of anilines is 2. The molecule has 0 saturated carbocycles. The minimum absolute atomic E-state index is 0.0171. The van der Waals surface area contributed by atoms with Crippen molar-refractivity contribution in [1.82, 2.24) is 5.32 Å². The maximum atomic E-state index is 12.9. The Labute approximate surface area is 181 Å². The van der Waals surface area contributed by atoms with Crippen LogP contribution in [0.15, 0.2) is 18.2 Å². The Balaban J connectivity index is 1.97. The standard InChI is InChI=1S/C24H39N3O3/c1-3-5-6-7-8-12-23(28)26-20-13-14-22(27-16-9-10-17-27)21(19-20)24(29)25-15-11-18-30-4-2/h13-14,19H,3-12,15-18H2,1-2H3,(H,25,29)(H,26,28). The van der Waals surface area contributed by atoms with Crippen LogP contribution in [-0.2, 0) is 9.53 Å². The highest BCUT2D eigenvalue weighted by atomic mass is 16.5. The van der Waals surface area contributed by atoms with Crippen LogP contribution in [0, 0.1) is 0 Å². The summed E-state index contributed by atoms with van der Waals surface area (Å²) in [5.41, 5.74) is 2.28. The second-order valence-corrected chi connectivity index (χ2v) is 7.94. The number of ether oxygens (including phenoxy) is 1. The van der Waals surface area contributed by atoms with E-state index in [2.05, 4.69) is 22.5 Å². The topological polar surface area (TPSA) is 70.7 Å². The first-order valence-electron chi connectivity index (χ1n) is 11.7. The number of nitrogens with zero attached hydrogens (tertiary/aromatic N) is 1. The molecule has 1 aromatic rings. The second kappa shape index (κ2) is 14.0. The van der Waals surface area contributed by atoms with Gasteiger partial charge in [-0.3, -0.25) is 9.59 Å². The summed E-state index contributed by atoms with van der Waals surface area (Å²) in [5, 5.41) is 5.97. The van der Waals surface area contributed by atoms with E-state index >= 15 is 0 Å². The molecule has 0 aromatic heterocycles. The van der Waals surface area contributed by atoms with Crippen molar-refractivity contribution in [2.75, 3.05) is 43.1 Å². The molecule has 2 N–H and O–H groups in total. The molecule has 0 bridgehead atoms. The third kappa shape index (κ3) is 8.34. The summed E-state index contributed by atoms with van der Waals surface area (Å²) >= 11 is 0. The van der Waals surface area contributed by atoms with Crippen LogP contribution in [-0.4, -0.2) is 44.7 Å². The summed E-state index contributed by atoms with van der Waals surface area (Å²) in [5.74, 6) is -0.0763. The Hall–Kier alpha value is -2.08. The van der Waals surface area contributed by atoms with Crippen molar-refractivity contribution < 1.29 is 14.3 Å². The van der Waals surface area contributed by atoms with E-state index in [4.69, 9.17) is 4.74 Å². The van der Waals surface area contributed by atoms with Crippen molar-refractivity contribution in [1.29, 1.82) is 0 Å². The normalized spacial score (nSPS) is 13.5. The molecule has 0 aliphatic carbocycles. The zero-order valence-electron chi connectivity index (χ0n) is 18.8. The molecule has 1 aliphatic heterocycles. The van der Waals surface area contributed by atoms with Gasteiger partial charge in [-0.25, -0.2) is 0 Å². The molecule has 1 heterocycles. The highest BCUT2D eigenvalue weighted by Crippen LogP contribution is 2.27. The number of rotatable bonds is 14. The van der Waals surface area contributed by atoms with Gasteiger partial charge in [-0.15, -0.1) is 0 Å². The second-order valence-electron chi connectivity index (χ2n) is 7.94. The maximum absolute atomic E-state index is 12.9. The van der Waals surface area contributed by atoms with Gasteiger partial charge in [-0.05, 0) is 50.8 Å². The summed E-state index contributed by atoms with van der Waals surface area (Å²) in [6.45, 7) is 7.99. The van der Waals surface area contributed by atoms with Crippen molar-refractivity contribution in [3.05, 3.63) is 23.8 Å². The smallest absolute Gasteiger partial charge is 0.253 e. The molecule has 1 fully saturated rings. The number of benzene rings is 1. The van der Waals surface area contributed by atoms with Crippen LogP contribution in [0.25, 0.3) is 0 Å². The maximum Gasteiger partial charge on any atom is 0.253 e. The molecule has 168 valence electrons. The first-order chi connectivity index (χ1) is 14.7. The van der Waals surface area contributed by atoms with E-state index in [-0.39, 0.29) is 11.8 Å². The van der Waals surface area contributed by atoms with Crippen molar-refractivity contribution in [3.63, 3.8) is 0 Å². The molecule has 1 aliphatic rings. The predicted molar refractivity (Wildman–Crippen MR) is 123 cm³/mol. The largest absolute Gasteiger partial charge is 0.382 e. The van der Waals surface area contributed by atoms with Gasteiger partial charge in [0.05, 0.1) is 5.56 Å². The van der Waals surface area contributed by atoms with Crippen LogP contribution in [0.5, 0.6) is 0 Å². The Morgan fingerprint density at radius 3 is 2.53 bits per heavy atom. The Morgan fingerprint density at radius 2 is 1.80 bits per heavy atom. The monoisotopic (exact) mass is 417 g/mol. The van der Waals surface area contributed by atoms with Gasteiger partial charge in [0, 0.05) is 50.6 Å². The third-order valence-corrected chi connectivity index (χ3v) is 5.43. The van der Waals surface area contributed by atoms with Crippen molar-refractivity contribution in [3.8, 4) is 0 Å². The van der Waals surface area contributed by atoms with Gasteiger partial charge in [0.2, 0.25) is 5.91 Å². The van der Waals surface area contributed by atoms with Gasteiger partial charge in [-0.2, -0.15) is 0 Å². The van der Waals surface area contributed by atoms with Gasteiger partial charge in [0.25, 0.3) is 5.91 Å². The quantitative estimate of drug-likeness (QED) is 0.429. The van der Waals surface area contributed by atoms with Crippen LogP contribution in [0.2, 0.25) is 0 Å². The zero-order valence-corrected chi connectivity index (χ0v) is 18.8. The van der Waals surface area contributed by atoms with Gasteiger partial charge in [0.1, 0.15) is 0 Å². The van der Waals surface area contributed by atoms with Gasteiger partial charge in [-0.1, -0.05) is 32.6 Å². The lowest BCUT2D eigenvalue weighted by molar-refractivity contribution is -0.116. The highest BCUT2D eigenvalue weighted by molar-refractivity contribution is 6.02. The van der Waals surface area contributed by atoms with Gasteiger partial charge < -0.3 is 20.3 Å². The van der Waals surface area contributed by atoms with Crippen molar-refractivity contribution >= 4 is 23.2 Å². The van der Waals surface area contributed by atoms with Gasteiger partial charge >= 0.3 is 0 Å². The first kappa shape index (κ1) is 24.2. The highest BCUT2D eigenvalue weighted by Gasteiger charge is 2.20. The molecule has 0 atom stereocenters. The molecule has 0 radical (unpaired) electrons. The summed E-state index contributed by atoms with van der Waals surface area (Å²) < 4.78 is 5.34. The zero-order chi connectivity index (χ0) is 21.6. The van der Waals surface area contributed by atoms with Crippen LogP contribution < -0.4 is 15.5 Å². The molecule has 30 heavy (non-hydrogen) atoms. The molecular weight excluding hydrogens is 378 g/mol. The Morgan fingerprint density at radius 1 is 1.03 bits per heavy atom. The summed E-state index contributed by atoms with van der Waals surface area (Å²) in [7, 11) is 0. The number of carbonyl (C=O) groups is 2. The first-order valence-corrected chi connectivity index (χ1v) is 11.7. The molecular formula is C24H39N3O3. The lowest BCUT2D eigenvalue weighted by atomic mass is 10.1. The van der Waals surface area contributed by atoms with E-state index in [9.17, 15) is 9.59 Å². The van der Waals surface area contributed by atoms with Crippen molar-refractivity contribution in [2.24, 2.45) is 0 Å². The number of hydrogen-bond acceptors (Lipinski definition) is 4. The fourth-order valence-electron chi connectivity index (χ4n) is 3.76. The van der Waals surface area contributed by atoms with E-state index in [1.54, 1.807) is 0 Å². The molecule has 2 amide bonds. The molecule has 6 nitrogen and oxygen atoms in total. The molecule has 0 unspecified atom stereocenters. The predicted octanol–water partition coefficient (Wildman–Crippen LogP) is 4.74. The van der Waals surface area contributed by atoms with E-state index in [0.29, 0.717) is 37.4 Å². The third-order valence-electron chi connectivity index (χ3n) is 5.43. The molecule has 2 rings (SSSR count). The minimum atomic E-state index is -0.0935. The average Bonchev–Trinajstić information content (AvgIpc) is 3.28. The lowest BCUT2D eigenvalue weighted by Crippen LogP contribution is -2.29. The summed E-state index contributed by atoms with van der Waals surface area (Å²) in [4.78, 5) is 27.4. The fraction of sp³-hybridized carbons (Fsp3) is 0.667. The van der Waals surface area contributed by atoms with Crippen LogP contribution in [0.1, 0.15) is 82.0 Å². The molecule has 0 spiro atoms. The number of carbonyl (C=O) groups excluding carboxylic acids is 2. The fourth-order valence-corrected chi connectivity index (χ4v) is 3.76. The molecule has 1 aromatic carbocycles. The SMILES string of the molecule is CCCCCCCC(=O)Nc1ccc(N2CCCC2)c(C(=O)NCCCOCC)c1. The van der Waals surface area contributed by atoms with Crippen molar-refractivity contribution in [2.45, 2.75) is 71.6 Å². The molecule has 1 saturated heterocycles. The van der Waals surface area contributed by atoms with Crippen LogP contribution >= 0.6 is 0 Å². The lowest BCUT2D eigenvalue weighted by Gasteiger charge is -2.22. The van der Waals surface area contributed by atoms with E-state index in [0.717, 1.165) is 50.9 Å². The summed E-state index contributed by atoms with van der Waals surface area (Å²) in [6, 6.07) is 5.70. The van der Waals surface area contributed by atoms with E-state index < -0.39 is 0 Å². The number of hydrogen-bond donors (Lipinski definition) is 2. The molecule has 6 heteroatoms. The van der Waals surface area contributed by atoms with E-state index in [1.807, 2.05) is 25.1 Å². The Kier molecular flexibility index (Phi) is 11.3. The number of unbranched alkanes of at least 4 members (excludes halogenated alkanes) is 4.